The summed E-state index contributed by atoms with van der Waals surface area (Å²) in [4.78, 5) is 11.1. The normalized spacial score (nSPS) is 10.5. The lowest BCUT2D eigenvalue weighted by Crippen LogP contribution is -1.99. The predicted octanol–water partition coefficient (Wildman–Crippen LogP) is 3.76. The van der Waals surface area contributed by atoms with Crippen LogP contribution in [0.5, 0.6) is 0 Å². The molecule has 1 N–H and O–H groups in total. The number of hydrogen-bond donors (Lipinski definition) is 1. The maximum Gasteiger partial charge on any atom is 0.341 e. The largest absolute Gasteiger partial charge is 0.477 e. The van der Waals surface area contributed by atoms with Crippen molar-refractivity contribution < 1.29 is 14.4 Å². The Morgan fingerprint density at radius 3 is 2.88 bits per heavy atom. The number of aryl methyl sites for hydroxylation is 1. The number of rotatable bonds is 2. The van der Waals surface area contributed by atoms with E-state index in [1.165, 1.54) is 0 Å². The third-order valence-electron chi connectivity index (χ3n) is 2.26. The van der Waals surface area contributed by atoms with Gasteiger partial charge in [-0.3, -0.25) is 0 Å². The summed E-state index contributed by atoms with van der Waals surface area (Å²) in [7, 11) is 0. The molecule has 1 aromatic carbocycles. The van der Waals surface area contributed by atoms with Crippen LogP contribution in [0, 0.1) is 6.92 Å². The molecule has 1 aromatic heterocycles. The van der Waals surface area contributed by atoms with E-state index in [1.807, 2.05) is 0 Å². The van der Waals surface area contributed by atoms with Gasteiger partial charge in [-0.1, -0.05) is 32.7 Å². The molecule has 0 fully saturated rings. The SMILES string of the molecule is Cc1onc(-c2cc(Br)ccc2Cl)c1C(=O)O. The highest BCUT2D eigenvalue weighted by Crippen LogP contribution is 2.33. The van der Waals surface area contributed by atoms with Crippen LogP contribution >= 0.6 is 27.5 Å². The van der Waals surface area contributed by atoms with Gasteiger partial charge in [0.25, 0.3) is 0 Å². The standard InChI is InChI=1S/C11H7BrClNO3/c1-5-9(11(15)16)10(14-17-5)7-4-6(12)2-3-8(7)13/h2-4H,1H3,(H,15,16). The van der Waals surface area contributed by atoms with Gasteiger partial charge in [0.1, 0.15) is 17.0 Å². The van der Waals surface area contributed by atoms with E-state index in [1.54, 1.807) is 25.1 Å². The first-order valence-corrected chi connectivity index (χ1v) is 5.82. The minimum Gasteiger partial charge on any atom is -0.477 e. The number of hydrogen-bond acceptors (Lipinski definition) is 3. The monoisotopic (exact) mass is 315 g/mol. The second-order valence-corrected chi connectivity index (χ2v) is 4.71. The minimum absolute atomic E-state index is 0.0324. The maximum absolute atomic E-state index is 11.1. The van der Waals surface area contributed by atoms with E-state index in [0.29, 0.717) is 10.6 Å². The molecular weight excluding hydrogens is 309 g/mol. The number of carbonyl (C=O) groups is 1. The van der Waals surface area contributed by atoms with Gasteiger partial charge < -0.3 is 9.63 Å². The van der Waals surface area contributed by atoms with E-state index in [4.69, 9.17) is 21.2 Å². The van der Waals surface area contributed by atoms with Crippen LogP contribution in [0.3, 0.4) is 0 Å². The average molecular weight is 317 g/mol. The van der Waals surface area contributed by atoms with Gasteiger partial charge in [0, 0.05) is 10.0 Å². The molecular formula is C11H7BrClNO3. The van der Waals surface area contributed by atoms with Crippen molar-refractivity contribution in [1.82, 2.24) is 5.16 Å². The molecule has 0 bridgehead atoms. The summed E-state index contributed by atoms with van der Waals surface area (Å²) < 4.78 is 5.69. The highest BCUT2D eigenvalue weighted by atomic mass is 79.9. The minimum atomic E-state index is -1.09. The number of carboxylic acids is 1. The van der Waals surface area contributed by atoms with Crippen molar-refractivity contribution >= 4 is 33.5 Å². The Kier molecular flexibility index (Phi) is 3.22. The first kappa shape index (κ1) is 12.1. The highest BCUT2D eigenvalue weighted by molar-refractivity contribution is 9.10. The number of nitrogens with zero attached hydrogens (tertiary/aromatic N) is 1. The van der Waals surface area contributed by atoms with Crippen molar-refractivity contribution in [2.24, 2.45) is 0 Å². The number of benzene rings is 1. The molecule has 17 heavy (non-hydrogen) atoms. The summed E-state index contributed by atoms with van der Waals surface area (Å²) in [6.07, 6.45) is 0. The fourth-order valence-electron chi connectivity index (χ4n) is 1.49. The molecule has 0 atom stereocenters. The number of aromatic carboxylic acids is 1. The molecule has 88 valence electrons. The zero-order valence-electron chi connectivity index (χ0n) is 8.70. The molecule has 0 saturated carbocycles. The Hall–Kier alpha value is -1.33. The van der Waals surface area contributed by atoms with Crippen LogP contribution in [0.4, 0.5) is 0 Å². The van der Waals surface area contributed by atoms with Gasteiger partial charge in [0.2, 0.25) is 0 Å². The van der Waals surface area contributed by atoms with Crippen molar-refractivity contribution in [3.8, 4) is 11.3 Å². The molecule has 0 saturated heterocycles. The van der Waals surface area contributed by atoms with Gasteiger partial charge in [0.15, 0.2) is 0 Å². The summed E-state index contributed by atoms with van der Waals surface area (Å²) in [6.45, 7) is 1.55. The number of halogens is 2. The van der Waals surface area contributed by atoms with Crippen molar-refractivity contribution in [1.29, 1.82) is 0 Å². The van der Waals surface area contributed by atoms with Gasteiger partial charge in [-0.05, 0) is 25.1 Å². The summed E-state index contributed by atoms with van der Waals surface area (Å²) in [6, 6.07) is 5.13. The Labute approximate surface area is 110 Å². The van der Waals surface area contributed by atoms with Gasteiger partial charge in [-0.2, -0.15) is 0 Å². The summed E-state index contributed by atoms with van der Waals surface area (Å²) in [5.41, 5.74) is 0.793. The lowest BCUT2D eigenvalue weighted by atomic mass is 10.1. The van der Waals surface area contributed by atoms with E-state index in [2.05, 4.69) is 21.1 Å². The quantitative estimate of drug-likeness (QED) is 0.916. The molecule has 0 aliphatic heterocycles. The predicted molar refractivity (Wildman–Crippen MR) is 66.3 cm³/mol. The number of aromatic nitrogens is 1. The lowest BCUT2D eigenvalue weighted by Gasteiger charge is -2.02. The van der Waals surface area contributed by atoms with Crippen LogP contribution in [0.25, 0.3) is 11.3 Å². The van der Waals surface area contributed by atoms with Crippen molar-refractivity contribution in [2.45, 2.75) is 6.92 Å². The Balaban J connectivity index is 2.68. The van der Waals surface area contributed by atoms with Gasteiger partial charge in [-0.15, -0.1) is 0 Å². The van der Waals surface area contributed by atoms with Crippen LogP contribution < -0.4 is 0 Å². The lowest BCUT2D eigenvalue weighted by molar-refractivity contribution is 0.0696. The zero-order chi connectivity index (χ0) is 12.6. The van der Waals surface area contributed by atoms with E-state index in [0.717, 1.165) is 4.47 Å². The molecule has 0 amide bonds. The molecule has 2 rings (SSSR count). The van der Waals surface area contributed by atoms with Crippen LogP contribution in [0.15, 0.2) is 27.2 Å². The Bertz CT molecular complexity index is 594. The fourth-order valence-corrected chi connectivity index (χ4v) is 2.05. The van der Waals surface area contributed by atoms with E-state index in [-0.39, 0.29) is 17.0 Å². The molecule has 0 unspecified atom stereocenters. The average Bonchev–Trinajstić information content (AvgIpc) is 2.64. The molecule has 0 spiro atoms. The first-order chi connectivity index (χ1) is 8.00. The zero-order valence-corrected chi connectivity index (χ0v) is 11.0. The smallest absolute Gasteiger partial charge is 0.341 e. The highest BCUT2D eigenvalue weighted by Gasteiger charge is 2.22. The second-order valence-electron chi connectivity index (χ2n) is 3.39. The van der Waals surface area contributed by atoms with Gasteiger partial charge >= 0.3 is 5.97 Å². The number of carboxylic acid groups (broad SMARTS) is 1. The van der Waals surface area contributed by atoms with E-state index < -0.39 is 5.97 Å². The molecule has 0 aliphatic carbocycles. The van der Waals surface area contributed by atoms with Crippen LogP contribution in [0.1, 0.15) is 16.1 Å². The van der Waals surface area contributed by atoms with Crippen LogP contribution in [-0.4, -0.2) is 16.2 Å². The van der Waals surface area contributed by atoms with Crippen LogP contribution in [0.2, 0.25) is 5.02 Å². The topological polar surface area (TPSA) is 63.3 Å². The summed E-state index contributed by atoms with van der Waals surface area (Å²) in [5.74, 6) is -0.835. The van der Waals surface area contributed by atoms with E-state index >= 15 is 0 Å². The molecule has 0 aliphatic rings. The Morgan fingerprint density at radius 1 is 1.53 bits per heavy atom. The van der Waals surface area contributed by atoms with E-state index in [9.17, 15) is 4.79 Å². The summed E-state index contributed by atoms with van der Waals surface area (Å²) >= 11 is 9.32. The van der Waals surface area contributed by atoms with Crippen molar-refractivity contribution in [3.05, 3.63) is 39.0 Å². The first-order valence-electron chi connectivity index (χ1n) is 4.65. The third kappa shape index (κ3) is 2.21. The van der Waals surface area contributed by atoms with Gasteiger partial charge in [-0.25, -0.2) is 4.79 Å². The fraction of sp³-hybridized carbons (Fsp3) is 0.0909. The molecule has 1 heterocycles. The van der Waals surface area contributed by atoms with Crippen LogP contribution in [-0.2, 0) is 0 Å². The molecule has 0 radical (unpaired) electrons. The summed E-state index contributed by atoms with van der Waals surface area (Å²) in [5, 5.41) is 13.3. The maximum atomic E-state index is 11.1. The van der Waals surface area contributed by atoms with Gasteiger partial charge in [0.05, 0.1) is 5.02 Å². The van der Waals surface area contributed by atoms with Crippen molar-refractivity contribution in [3.63, 3.8) is 0 Å². The molecule has 2 aromatic rings. The molecule has 4 nitrogen and oxygen atoms in total. The second kappa shape index (κ2) is 4.50. The molecule has 6 heteroatoms. The Morgan fingerprint density at radius 2 is 2.24 bits per heavy atom. The van der Waals surface area contributed by atoms with Crippen molar-refractivity contribution in [2.75, 3.05) is 0 Å². The third-order valence-corrected chi connectivity index (χ3v) is 3.08.